The summed E-state index contributed by atoms with van der Waals surface area (Å²) in [5.41, 5.74) is 2.95. The molecule has 0 unspecified atom stereocenters. The summed E-state index contributed by atoms with van der Waals surface area (Å²) in [7, 11) is 5.15. The number of imidazole rings is 1. The number of hydrogen-bond acceptors (Lipinski definition) is 6. The zero-order valence-corrected chi connectivity index (χ0v) is 28.1. The average Bonchev–Trinajstić information content (AvgIpc) is 3.74. The first-order chi connectivity index (χ1) is 23.7. The van der Waals surface area contributed by atoms with Gasteiger partial charge >= 0.3 is 0 Å². The molecule has 1 fully saturated rings. The second-order valence-corrected chi connectivity index (χ2v) is 12.4. The van der Waals surface area contributed by atoms with Gasteiger partial charge in [-0.15, -0.1) is 0 Å². The molecule has 0 bridgehead atoms. The Morgan fingerprint density at radius 2 is 1.82 bits per heavy atom. The fraction of sp³-hybridized carbons (Fsp3) is 0.270. The number of amides is 1. The molecule has 0 radical (unpaired) electrons. The highest BCUT2D eigenvalue weighted by atomic mass is 35.5. The van der Waals surface area contributed by atoms with Crippen LogP contribution in [0, 0.1) is 11.6 Å². The van der Waals surface area contributed by atoms with Gasteiger partial charge in [-0.1, -0.05) is 23.7 Å². The highest BCUT2D eigenvalue weighted by Gasteiger charge is 2.23. The number of fused-ring (bicyclic) bond motifs is 1. The molecule has 2 N–H and O–H groups in total. The summed E-state index contributed by atoms with van der Waals surface area (Å²) in [6.45, 7) is 0.441. The topological polar surface area (TPSA) is 98.9 Å². The van der Waals surface area contributed by atoms with Crippen LogP contribution >= 0.6 is 11.6 Å². The molecule has 1 aliphatic rings. The lowest BCUT2D eigenvalue weighted by Crippen LogP contribution is -2.35. The molecule has 9 nitrogen and oxygen atoms in total. The average molecular weight is 688 g/mol. The molecule has 0 aliphatic heterocycles. The summed E-state index contributed by atoms with van der Waals surface area (Å²) in [6.07, 6.45) is 12.1. The van der Waals surface area contributed by atoms with Crippen molar-refractivity contribution in [3.63, 3.8) is 0 Å². The lowest BCUT2D eigenvalue weighted by Gasteiger charge is -2.27. The van der Waals surface area contributed by atoms with Crippen LogP contribution in [0.5, 0.6) is 5.75 Å². The van der Waals surface area contributed by atoms with Gasteiger partial charge in [-0.2, -0.15) is 0 Å². The molecule has 1 aliphatic carbocycles. The van der Waals surface area contributed by atoms with Crippen molar-refractivity contribution in [3.8, 4) is 28.1 Å². The molecule has 6 rings (SSSR count). The summed E-state index contributed by atoms with van der Waals surface area (Å²) >= 11 is 6.83. The summed E-state index contributed by atoms with van der Waals surface area (Å²) in [6, 6.07) is 12.8. The van der Waals surface area contributed by atoms with Crippen molar-refractivity contribution in [2.75, 3.05) is 26.1 Å². The Labute approximate surface area is 287 Å². The van der Waals surface area contributed by atoms with E-state index >= 15 is 8.78 Å². The Balaban J connectivity index is 1.19. The van der Waals surface area contributed by atoms with E-state index in [0.29, 0.717) is 46.1 Å². The maximum Gasteiger partial charge on any atom is 0.248 e. The van der Waals surface area contributed by atoms with Crippen LogP contribution in [0.4, 0.5) is 14.5 Å². The van der Waals surface area contributed by atoms with E-state index in [1.807, 2.05) is 29.8 Å². The van der Waals surface area contributed by atoms with Crippen LogP contribution < -0.4 is 15.4 Å². The van der Waals surface area contributed by atoms with Gasteiger partial charge in [-0.3, -0.25) is 9.59 Å². The highest BCUT2D eigenvalue weighted by Crippen LogP contribution is 2.42. The van der Waals surface area contributed by atoms with E-state index in [0.717, 1.165) is 49.1 Å². The molecule has 2 aromatic carbocycles. The van der Waals surface area contributed by atoms with E-state index in [4.69, 9.17) is 21.1 Å². The van der Waals surface area contributed by atoms with Crippen LogP contribution in [0.2, 0.25) is 5.02 Å². The van der Waals surface area contributed by atoms with E-state index < -0.39 is 29.0 Å². The third kappa shape index (κ3) is 7.15. The van der Waals surface area contributed by atoms with Gasteiger partial charge in [0.25, 0.3) is 0 Å². The normalized spacial score (nSPS) is 16.4. The Hall–Kier alpha value is -4.84. The molecule has 1 saturated carbocycles. The lowest BCUT2D eigenvalue weighted by atomic mass is 9.93. The number of rotatable bonds is 11. The summed E-state index contributed by atoms with van der Waals surface area (Å²) in [4.78, 5) is 30.2. The fourth-order valence-corrected chi connectivity index (χ4v) is 6.67. The molecule has 1 amide bonds. The van der Waals surface area contributed by atoms with Gasteiger partial charge in [-0.05, 0) is 68.1 Å². The number of benzene rings is 2. The molecule has 3 heterocycles. The minimum absolute atomic E-state index is 0.181. The maximum absolute atomic E-state index is 15.2. The van der Waals surface area contributed by atoms with Gasteiger partial charge < -0.3 is 29.1 Å². The first-order valence-corrected chi connectivity index (χ1v) is 16.3. The van der Waals surface area contributed by atoms with Gasteiger partial charge in [-0.25, -0.2) is 13.8 Å². The van der Waals surface area contributed by atoms with Crippen molar-refractivity contribution in [1.29, 1.82) is 0 Å². The molecule has 3 aromatic heterocycles. The third-order valence-corrected chi connectivity index (χ3v) is 9.23. The Morgan fingerprint density at radius 1 is 1.06 bits per heavy atom. The second-order valence-electron chi connectivity index (χ2n) is 12.0. The fourth-order valence-electron chi connectivity index (χ4n) is 6.36. The van der Waals surface area contributed by atoms with E-state index in [-0.39, 0.29) is 11.3 Å². The quantitative estimate of drug-likeness (QED) is 0.112. The first kappa shape index (κ1) is 34.0. The molecule has 0 spiro atoms. The van der Waals surface area contributed by atoms with Crippen molar-refractivity contribution in [1.82, 2.24) is 19.3 Å². The molecule has 0 saturated heterocycles. The predicted molar refractivity (Wildman–Crippen MR) is 185 cm³/mol. The number of aryl methyl sites for hydroxylation is 1. The van der Waals surface area contributed by atoms with Crippen LogP contribution in [-0.2, 0) is 16.6 Å². The molecular formula is C37H36ClF2N5O4. The van der Waals surface area contributed by atoms with Crippen LogP contribution in [0.25, 0.3) is 27.9 Å². The van der Waals surface area contributed by atoms with E-state index in [9.17, 15) is 9.59 Å². The third-order valence-electron chi connectivity index (χ3n) is 8.93. The minimum Gasteiger partial charge on any atom is -0.496 e. The van der Waals surface area contributed by atoms with Crippen LogP contribution in [0.1, 0.15) is 41.7 Å². The number of halogens is 3. The SMILES string of the molecule is COc1cc(-c2cncn2C)cc(Cl)c1-c1cccn2c(C(=O)c3cc(F)c(NC(=O)/C=C/CNC4CCC(OC)CC4)c(F)c3)ccc12. The molecule has 254 valence electrons. The summed E-state index contributed by atoms with van der Waals surface area (Å²) < 4.78 is 44.9. The number of carbonyl (C=O) groups excluding carboxylic acids is 2. The van der Waals surface area contributed by atoms with Gasteiger partial charge in [0, 0.05) is 61.3 Å². The van der Waals surface area contributed by atoms with Crippen LogP contribution in [-0.4, -0.2) is 58.6 Å². The number of anilines is 1. The summed E-state index contributed by atoms with van der Waals surface area (Å²) in [5.74, 6) is -2.91. The van der Waals surface area contributed by atoms with Crippen molar-refractivity contribution < 1.29 is 27.8 Å². The number of ketones is 1. The predicted octanol–water partition coefficient (Wildman–Crippen LogP) is 7.22. The van der Waals surface area contributed by atoms with Crippen molar-refractivity contribution in [3.05, 3.63) is 107 Å². The number of ether oxygens (including phenoxy) is 2. The van der Waals surface area contributed by atoms with Crippen LogP contribution in [0.3, 0.4) is 0 Å². The number of aromatic nitrogens is 3. The zero-order valence-electron chi connectivity index (χ0n) is 27.3. The Morgan fingerprint density at radius 3 is 2.49 bits per heavy atom. The van der Waals surface area contributed by atoms with Crippen molar-refractivity contribution in [2.45, 2.75) is 37.8 Å². The molecular weight excluding hydrogens is 652 g/mol. The minimum atomic E-state index is -1.07. The number of methoxy groups -OCH3 is 2. The lowest BCUT2D eigenvalue weighted by molar-refractivity contribution is -0.112. The van der Waals surface area contributed by atoms with E-state index in [1.165, 1.54) is 6.08 Å². The number of pyridine rings is 1. The maximum atomic E-state index is 15.2. The highest BCUT2D eigenvalue weighted by molar-refractivity contribution is 6.34. The second kappa shape index (κ2) is 14.7. The number of hydrogen-bond donors (Lipinski definition) is 2. The molecule has 49 heavy (non-hydrogen) atoms. The van der Waals surface area contributed by atoms with Crippen LogP contribution in [0.15, 0.2) is 79.4 Å². The molecule has 5 aromatic rings. The first-order valence-electron chi connectivity index (χ1n) is 15.9. The van der Waals surface area contributed by atoms with Crippen molar-refractivity contribution >= 4 is 34.5 Å². The van der Waals surface area contributed by atoms with Crippen molar-refractivity contribution in [2.24, 2.45) is 7.05 Å². The Bertz CT molecular complexity index is 2020. The standard InChI is InChI=1S/C37H36ClF2N5O4/c1-44-21-41-20-32(44)22-16-27(38)35(33(19-22)49-3)26-6-5-15-45-30(26)12-13-31(45)37(47)23-17-28(39)36(29(40)18-23)43-34(46)7-4-14-42-24-8-10-25(48-2)11-9-24/h4-7,12-13,15-21,24-25,42H,8-11,14H2,1-3H3,(H,43,46)/b7-4+. The number of nitrogens with zero attached hydrogens (tertiary/aromatic N) is 3. The van der Waals surface area contributed by atoms with Gasteiger partial charge in [0.05, 0.1) is 47.7 Å². The monoisotopic (exact) mass is 687 g/mol. The largest absolute Gasteiger partial charge is 0.496 e. The van der Waals surface area contributed by atoms with Gasteiger partial charge in [0.1, 0.15) is 23.1 Å². The zero-order chi connectivity index (χ0) is 34.7. The molecule has 0 atom stereocenters. The van der Waals surface area contributed by atoms with Gasteiger partial charge in [0.2, 0.25) is 11.7 Å². The summed E-state index contributed by atoms with van der Waals surface area (Å²) in [5, 5.41) is 6.04. The van der Waals surface area contributed by atoms with Gasteiger partial charge in [0.15, 0.2) is 0 Å². The smallest absolute Gasteiger partial charge is 0.248 e. The van der Waals surface area contributed by atoms with E-state index in [1.54, 1.807) is 61.6 Å². The van der Waals surface area contributed by atoms with E-state index in [2.05, 4.69) is 15.6 Å². The molecule has 12 heteroatoms. The number of carbonyl (C=O) groups is 2. The number of nitrogens with one attached hydrogen (secondary N) is 2. The Kier molecular flexibility index (Phi) is 10.2.